The maximum atomic E-state index is 6.27. The molecule has 1 aliphatic heterocycles. The Labute approximate surface area is 146 Å². The summed E-state index contributed by atoms with van der Waals surface area (Å²) in [7, 11) is 0. The van der Waals surface area contributed by atoms with Crippen LogP contribution in [0.4, 0.5) is 5.69 Å². The van der Waals surface area contributed by atoms with Gasteiger partial charge in [-0.2, -0.15) is 0 Å². The Morgan fingerprint density at radius 1 is 0.864 bits per heavy atom. The molecule has 1 aliphatic rings. The molecule has 0 atom stereocenters. The first-order valence-electron chi connectivity index (χ1n) is 7.40. The van der Waals surface area contributed by atoms with E-state index in [1.165, 1.54) is 11.3 Å². The van der Waals surface area contributed by atoms with E-state index in [1.54, 1.807) is 4.90 Å². The number of nitrogens with zero attached hydrogens (tertiary/aromatic N) is 1. The first kappa shape index (κ1) is 15.9. The molecule has 0 amide bonds. The lowest BCUT2D eigenvalue weighted by atomic mass is 10.2. The number of benzene rings is 2. The summed E-state index contributed by atoms with van der Waals surface area (Å²) in [5, 5.41) is 2.24. The summed E-state index contributed by atoms with van der Waals surface area (Å²) in [6.45, 7) is 5.23. The van der Waals surface area contributed by atoms with Crippen molar-refractivity contribution in [2.75, 3.05) is 31.1 Å². The molecule has 0 spiro atoms. The molecule has 22 heavy (non-hydrogen) atoms. The normalized spacial score (nSPS) is 16.0. The highest BCUT2D eigenvalue weighted by Gasteiger charge is 2.21. The van der Waals surface area contributed by atoms with Gasteiger partial charge in [-0.15, -0.1) is 0 Å². The van der Waals surface area contributed by atoms with Gasteiger partial charge in [0.15, 0.2) is 0 Å². The molecule has 0 bridgehead atoms. The monoisotopic (exact) mass is 355 g/mol. The molecule has 0 unspecified atom stereocenters. The van der Waals surface area contributed by atoms with Crippen molar-refractivity contribution in [3.63, 3.8) is 0 Å². The zero-order valence-corrected chi connectivity index (χ0v) is 14.4. The van der Waals surface area contributed by atoms with Crippen molar-refractivity contribution in [1.29, 1.82) is 0 Å². The molecule has 3 rings (SSSR count). The van der Waals surface area contributed by atoms with Gasteiger partial charge in [0.25, 0.3) is 0 Å². The van der Waals surface area contributed by atoms with Crippen LogP contribution in [0.25, 0.3) is 0 Å². The third-order valence-electron chi connectivity index (χ3n) is 4.12. The highest BCUT2D eigenvalue weighted by molar-refractivity contribution is 6.35. The van der Waals surface area contributed by atoms with Gasteiger partial charge in [0, 0.05) is 21.3 Å². The van der Waals surface area contributed by atoms with Crippen molar-refractivity contribution >= 4 is 40.5 Å². The standard InChI is InChI=1S/C17H17Cl3N2/c18-14-3-5-16(6-4-14)22-9-7-21(8-10-22)12-13-1-2-15(19)11-17(13)20/h1-6,11H,7-10,12H2/p+1. The molecule has 0 aliphatic carbocycles. The van der Waals surface area contributed by atoms with Gasteiger partial charge in [-0.25, -0.2) is 0 Å². The largest absolute Gasteiger partial charge is 0.360 e. The Morgan fingerprint density at radius 3 is 2.14 bits per heavy atom. The third-order valence-corrected chi connectivity index (χ3v) is 4.96. The van der Waals surface area contributed by atoms with Crippen LogP contribution < -0.4 is 9.80 Å². The maximum absolute atomic E-state index is 6.27. The summed E-state index contributed by atoms with van der Waals surface area (Å²) in [4.78, 5) is 3.96. The second kappa shape index (κ2) is 7.10. The topological polar surface area (TPSA) is 7.68 Å². The Bertz CT molecular complexity index is 635. The molecule has 5 heteroatoms. The molecular weight excluding hydrogens is 339 g/mol. The van der Waals surface area contributed by atoms with Gasteiger partial charge in [-0.3, -0.25) is 0 Å². The van der Waals surface area contributed by atoms with Gasteiger partial charge >= 0.3 is 0 Å². The van der Waals surface area contributed by atoms with Gasteiger partial charge in [-0.1, -0.05) is 40.9 Å². The summed E-state index contributed by atoms with van der Waals surface area (Å²) in [6, 6.07) is 13.8. The Hall–Kier alpha value is -0.930. The Kier molecular flexibility index (Phi) is 5.14. The summed E-state index contributed by atoms with van der Waals surface area (Å²) in [5.41, 5.74) is 2.41. The van der Waals surface area contributed by atoms with Crippen molar-refractivity contribution in [2.45, 2.75) is 6.54 Å². The van der Waals surface area contributed by atoms with Crippen LogP contribution in [0, 0.1) is 0 Å². The van der Waals surface area contributed by atoms with Gasteiger partial charge in [-0.05, 0) is 36.4 Å². The van der Waals surface area contributed by atoms with Crippen molar-refractivity contribution in [1.82, 2.24) is 0 Å². The maximum Gasteiger partial charge on any atom is 0.104 e. The Morgan fingerprint density at radius 2 is 1.50 bits per heavy atom. The first-order chi connectivity index (χ1) is 10.6. The highest BCUT2D eigenvalue weighted by atomic mass is 35.5. The zero-order valence-electron chi connectivity index (χ0n) is 12.2. The van der Waals surface area contributed by atoms with Crippen LogP contribution in [-0.4, -0.2) is 26.2 Å². The molecule has 1 N–H and O–H groups in total. The fraction of sp³-hybridized carbons (Fsp3) is 0.294. The summed E-state index contributed by atoms with van der Waals surface area (Å²) in [6.07, 6.45) is 0. The van der Waals surface area contributed by atoms with Crippen molar-refractivity contribution < 1.29 is 4.90 Å². The molecule has 2 nitrogen and oxygen atoms in total. The molecule has 0 aromatic heterocycles. The van der Waals surface area contributed by atoms with Crippen LogP contribution in [0.3, 0.4) is 0 Å². The van der Waals surface area contributed by atoms with E-state index in [1.807, 2.05) is 30.3 Å². The molecule has 1 saturated heterocycles. The van der Waals surface area contributed by atoms with Crippen LogP contribution >= 0.6 is 34.8 Å². The van der Waals surface area contributed by atoms with Gasteiger partial charge in [0.2, 0.25) is 0 Å². The van der Waals surface area contributed by atoms with Crippen molar-refractivity contribution in [3.05, 3.63) is 63.1 Å². The van der Waals surface area contributed by atoms with Crippen molar-refractivity contribution in [3.8, 4) is 0 Å². The quantitative estimate of drug-likeness (QED) is 0.883. The third kappa shape index (κ3) is 3.88. The number of hydrogen-bond acceptors (Lipinski definition) is 1. The van der Waals surface area contributed by atoms with E-state index in [2.05, 4.69) is 17.0 Å². The number of rotatable bonds is 3. The number of quaternary nitrogens is 1. The smallest absolute Gasteiger partial charge is 0.104 e. The fourth-order valence-electron chi connectivity index (χ4n) is 2.84. The van der Waals surface area contributed by atoms with Crippen LogP contribution in [0.5, 0.6) is 0 Å². The molecule has 116 valence electrons. The van der Waals surface area contributed by atoms with Crippen LogP contribution in [0.1, 0.15) is 5.56 Å². The number of nitrogens with one attached hydrogen (secondary N) is 1. The highest BCUT2D eigenvalue weighted by Crippen LogP contribution is 2.21. The second-order valence-corrected chi connectivity index (χ2v) is 6.91. The van der Waals surface area contributed by atoms with Crippen molar-refractivity contribution in [2.24, 2.45) is 0 Å². The van der Waals surface area contributed by atoms with E-state index in [0.717, 1.165) is 42.8 Å². The molecule has 0 radical (unpaired) electrons. The fourth-order valence-corrected chi connectivity index (χ4v) is 3.45. The van der Waals surface area contributed by atoms with E-state index < -0.39 is 0 Å². The van der Waals surface area contributed by atoms with E-state index in [4.69, 9.17) is 34.8 Å². The van der Waals surface area contributed by atoms with E-state index in [-0.39, 0.29) is 0 Å². The molecule has 2 aromatic rings. The Balaban J connectivity index is 1.58. The summed E-state index contributed by atoms with van der Waals surface area (Å²) in [5.74, 6) is 0. The lowest BCUT2D eigenvalue weighted by molar-refractivity contribution is -0.914. The number of piperazine rings is 1. The van der Waals surface area contributed by atoms with Crippen LogP contribution in [-0.2, 0) is 6.54 Å². The van der Waals surface area contributed by atoms with Gasteiger partial charge in [0.05, 0.1) is 31.2 Å². The second-order valence-electron chi connectivity index (χ2n) is 5.63. The average molecular weight is 357 g/mol. The summed E-state index contributed by atoms with van der Waals surface area (Å²) < 4.78 is 0. The molecule has 2 aromatic carbocycles. The summed E-state index contributed by atoms with van der Waals surface area (Å²) >= 11 is 18.2. The number of hydrogen-bond donors (Lipinski definition) is 1. The van der Waals surface area contributed by atoms with Crippen LogP contribution in [0.2, 0.25) is 15.1 Å². The molecule has 1 fully saturated rings. The lowest BCUT2D eigenvalue weighted by Crippen LogP contribution is -3.13. The molecule has 1 heterocycles. The van der Waals surface area contributed by atoms with Crippen LogP contribution in [0.15, 0.2) is 42.5 Å². The first-order valence-corrected chi connectivity index (χ1v) is 8.53. The van der Waals surface area contributed by atoms with E-state index in [0.29, 0.717) is 5.02 Å². The molecule has 0 saturated carbocycles. The van der Waals surface area contributed by atoms with Gasteiger partial charge in [0.1, 0.15) is 6.54 Å². The van der Waals surface area contributed by atoms with Gasteiger partial charge < -0.3 is 9.80 Å². The van der Waals surface area contributed by atoms with E-state index in [9.17, 15) is 0 Å². The number of halogens is 3. The number of anilines is 1. The molecular formula is C17H18Cl3N2+. The SMILES string of the molecule is Clc1ccc(N2CC[NH+](Cc3ccc(Cl)cc3Cl)CC2)cc1. The predicted octanol–water partition coefficient (Wildman–Crippen LogP) is 3.55. The average Bonchev–Trinajstić information content (AvgIpc) is 2.52. The minimum absolute atomic E-state index is 0.691. The lowest BCUT2D eigenvalue weighted by Gasteiger charge is -2.33. The van der Waals surface area contributed by atoms with E-state index >= 15 is 0 Å². The predicted molar refractivity (Wildman–Crippen MR) is 94.5 cm³/mol. The minimum Gasteiger partial charge on any atom is -0.360 e. The zero-order chi connectivity index (χ0) is 15.5. The minimum atomic E-state index is 0.691.